The van der Waals surface area contributed by atoms with E-state index in [1.807, 2.05) is 0 Å². The molecule has 1 heterocycles. The molecule has 0 saturated carbocycles. The van der Waals surface area contributed by atoms with Crippen LogP contribution in [0.3, 0.4) is 0 Å². The Labute approximate surface area is 118 Å². The molecule has 19 heavy (non-hydrogen) atoms. The summed E-state index contributed by atoms with van der Waals surface area (Å²) in [4.78, 5) is 4.52. The van der Waals surface area contributed by atoms with Crippen molar-refractivity contribution in [1.82, 2.24) is 4.98 Å². The third kappa shape index (κ3) is 2.66. The molecule has 0 bridgehead atoms. The monoisotopic (exact) mass is 279 g/mol. The predicted octanol–water partition coefficient (Wildman–Crippen LogP) is 5.42. The molecule has 0 saturated heterocycles. The van der Waals surface area contributed by atoms with Crippen LogP contribution in [0, 0.1) is 5.82 Å². The fraction of sp³-hybridized carbons (Fsp3) is 0.562. The number of thiazole rings is 1. The lowest BCUT2D eigenvalue weighted by molar-refractivity contribution is 0.503. The first-order valence-electron chi connectivity index (χ1n) is 6.76. The molecule has 0 radical (unpaired) electrons. The molecule has 1 nitrogen and oxygen atoms in total. The zero-order valence-corrected chi connectivity index (χ0v) is 13.4. The maximum atomic E-state index is 14.2. The molecule has 0 aliphatic rings. The van der Waals surface area contributed by atoms with E-state index in [2.05, 4.69) is 52.6 Å². The van der Waals surface area contributed by atoms with Gasteiger partial charge in [-0.3, -0.25) is 0 Å². The van der Waals surface area contributed by atoms with E-state index >= 15 is 0 Å². The van der Waals surface area contributed by atoms with Crippen molar-refractivity contribution in [2.75, 3.05) is 0 Å². The maximum absolute atomic E-state index is 14.2. The van der Waals surface area contributed by atoms with Crippen molar-refractivity contribution in [1.29, 1.82) is 0 Å². The first-order chi connectivity index (χ1) is 8.65. The van der Waals surface area contributed by atoms with Crippen LogP contribution >= 0.6 is 11.3 Å². The Morgan fingerprint density at radius 2 is 1.79 bits per heavy atom. The summed E-state index contributed by atoms with van der Waals surface area (Å²) in [6.07, 6.45) is 1.00. The van der Waals surface area contributed by atoms with Gasteiger partial charge in [-0.1, -0.05) is 41.5 Å². The van der Waals surface area contributed by atoms with Crippen molar-refractivity contribution in [3.8, 4) is 0 Å². The molecular weight excluding hydrogens is 257 g/mol. The van der Waals surface area contributed by atoms with Crippen molar-refractivity contribution in [2.24, 2.45) is 0 Å². The topological polar surface area (TPSA) is 12.9 Å². The van der Waals surface area contributed by atoms with Crippen LogP contribution in [0.4, 0.5) is 4.39 Å². The molecule has 2 aromatic rings. The smallest absolute Gasteiger partial charge is 0.150 e. The van der Waals surface area contributed by atoms with Gasteiger partial charge in [-0.2, -0.15) is 0 Å². The van der Waals surface area contributed by atoms with Crippen LogP contribution in [0.25, 0.3) is 10.2 Å². The number of aromatic nitrogens is 1. The van der Waals surface area contributed by atoms with E-state index in [0.717, 1.165) is 21.7 Å². The molecule has 3 heteroatoms. The summed E-state index contributed by atoms with van der Waals surface area (Å²) in [5.41, 5.74) is 1.52. The summed E-state index contributed by atoms with van der Waals surface area (Å²) in [5, 5.41) is 1.02. The average Bonchev–Trinajstić information content (AvgIpc) is 2.73. The van der Waals surface area contributed by atoms with Gasteiger partial charge in [-0.05, 0) is 29.5 Å². The van der Waals surface area contributed by atoms with Gasteiger partial charge in [0.15, 0.2) is 5.82 Å². The number of benzene rings is 1. The molecule has 0 N–H and O–H groups in total. The van der Waals surface area contributed by atoms with Crippen molar-refractivity contribution >= 4 is 21.6 Å². The van der Waals surface area contributed by atoms with Crippen LogP contribution < -0.4 is 0 Å². The minimum absolute atomic E-state index is 0.0119. The Hall–Kier alpha value is -0.960. The summed E-state index contributed by atoms with van der Waals surface area (Å²) in [6, 6.07) is 3.72. The normalized spacial score (nSPS) is 13.2. The highest BCUT2D eigenvalue weighted by Crippen LogP contribution is 2.36. The summed E-state index contributed by atoms with van der Waals surface area (Å²) in [5.74, 6) is -0.197. The molecule has 0 aliphatic heterocycles. The van der Waals surface area contributed by atoms with Crippen LogP contribution in [0.5, 0.6) is 0 Å². The second-order valence-corrected chi connectivity index (χ2v) is 7.84. The molecule has 2 rings (SSSR count). The quantitative estimate of drug-likeness (QED) is 0.715. The molecule has 0 spiro atoms. The number of hydrogen-bond acceptors (Lipinski definition) is 2. The van der Waals surface area contributed by atoms with E-state index in [4.69, 9.17) is 0 Å². The van der Waals surface area contributed by atoms with E-state index in [1.54, 1.807) is 17.4 Å². The first kappa shape index (κ1) is 14.4. The lowest BCUT2D eigenvalue weighted by Crippen LogP contribution is -2.14. The highest BCUT2D eigenvalue weighted by molar-refractivity contribution is 7.18. The van der Waals surface area contributed by atoms with Gasteiger partial charge in [0.1, 0.15) is 5.52 Å². The minimum atomic E-state index is -0.197. The third-order valence-electron chi connectivity index (χ3n) is 3.78. The Kier molecular flexibility index (Phi) is 3.46. The Balaban J connectivity index is 2.64. The second-order valence-electron chi connectivity index (χ2n) is 6.81. The van der Waals surface area contributed by atoms with Gasteiger partial charge in [0, 0.05) is 5.41 Å². The fourth-order valence-corrected chi connectivity index (χ4v) is 3.05. The third-order valence-corrected chi connectivity index (χ3v) is 5.15. The van der Waals surface area contributed by atoms with Crippen LogP contribution in [0.1, 0.15) is 58.5 Å². The standard InChI is InChI=1S/C16H22FNS/c1-7-16(5,6)14-18-13-11(17)8-10(15(2,3)4)9-12(13)19-14/h8-9H,7H2,1-6H3. The Bertz CT molecular complexity index is 605. The van der Waals surface area contributed by atoms with Gasteiger partial charge in [0.2, 0.25) is 0 Å². The first-order valence-corrected chi connectivity index (χ1v) is 7.58. The van der Waals surface area contributed by atoms with E-state index in [1.165, 1.54) is 0 Å². The summed E-state index contributed by atoms with van der Waals surface area (Å²) < 4.78 is 15.2. The van der Waals surface area contributed by atoms with Crippen molar-refractivity contribution in [3.05, 3.63) is 28.5 Å². The number of hydrogen-bond donors (Lipinski definition) is 0. The zero-order chi connectivity index (χ0) is 14.4. The fourth-order valence-electron chi connectivity index (χ4n) is 1.86. The van der Waals surface area contributed by atoms with Gasteiger partial charge in [-0.25, -0.2) is 9.37 Å². The number of rotatable bonds is 2. The molecule has 0 fully saturated rings. The molecule has 0 aliphatic carbocycles. The van der Waals surface area contributed by atoms with E-state index in [-0.39, 0.29) is 16.6 Å². The predicted molar refractivity (Wildman–Crippen MR) is 81.6 cm³/mol. The molecule has 0 amide bonds. The van der Waals surface area contributed by atoms with Gasteiger partial charge in [0.05, 0.1) is 9.71 Å². The number of nitrogens with zero attached hydrogens (tertiary/aromatic N) is 1. The molecule has 1 aromatic heterocycles. The van der Waals surface area contributed by atoms with Crippen LogP contribution in [0.15, 0.2) is 12.1 Å². The van der Waals surface area contributed by atoms with Gasteiger partial charge >= 0.3 is 0 Å². The zero-order valence-electron chi connectivity index (χ0n) is 12.6. The number of halogens is 1. The van der Waals surface area contributed by atoms with Crippen molar-refractivity contribution < 1.29 is 4.39 Å². The minimum Gasteiger partial charge on any atom is -0.238 e. The molecule has 104 valence electrons. The maximum Gasteiger partial charge on any atom is 0.150 e. The summed E-state index contributed by atoms with van der Waals surface area (Å²) in [7, 11) is 0. The summed E-state index contributed by atoms with van der Waals surface area (Å²) >= 11 is 1.62. The SMILES string of the molecule is CCC(C)(C)c1nc2c(F)cc(C(C)(C)C)cc2s1. The molecule has 0 unspecified atom stereocenters. The largest absolute Gasteiger partial charge is 0.238 e. The van der Waals surface area contributed by atoms with Crippen LogP contribution in [-0.2, 0) is 10.8 Å². The van der Waals surface area contributed by atoms with E-state index in [9.17, 15) is 4.39 Å². The average molecular weight is 279 g/mol. The van der Waals surface area contributed by atoms with E-state index in [0.29, 0.717) is 5.52 Å². The van der Waals surface area contributed by atoms with Gasteiger partial charge < -0.3 is 0 Å². The summed E-state index contributed by atoms with van der Waals surface area (Å²) in [6.45, 7) is 12.8. The molecule has 0 atom stereocenters. The van der Waals surface area contributed by atoms with Gasteiger partial charge in [-0.15, -0.1) is 11.3 Å². The second kappa shape index (κ2) is 4.55. The van der Waals surface area contributed by atoms with Crippen molar-refractivity contribution in [2.45, 2.75) is 58.8 Å². The van der Waals surface area contributed by atoms with Gasteiger partial charge in [0.25, 0.3) is 0 Å². The van der Waals surface area contributed by atoms with Crippen LogP contribution in [-0.4, -0.2) is 4.98 Å². The van der Waals surface area contributed by atoms with Crippen molar-refractivity contribution in [3.63, 3.8) is 0 Å². The lowest BCUT2D eigenvalue weighted by atomic mass is 9.87. The number of fused-ring (bicyclic) bond motifs is 1. The highest BCUT2D eigenvalue weighted by atomic mass is 32.1. The Morgan fingerprint density at radius 3 is 2.32 bits per heavy atom. The van der Waals surface area contributed by atoms with Crippen LogP contribution in [0.2, 0.25) is 0 Å². The molecule has 1 aromatic carbocycles. The lowest BCUT2D eigenvalue weighted by Gasteiger charge is -2.18. The highest BCUT2D eigenvalue weighted by Gasteiger charge is 2.25. The van der Waals surface area contributed by atoms with E-state index < -0.39 is 0 Å². The Morgan fingerprint density at radius 1 is 1.16 bits per heavy atom. The molecular formula is C16H22FNS.